The average Bonchev–Trinajstić information content (AvgIpc) is 2.79. The van der Waals surface area contributed by atoms with Crippen molar-refractivity contribution in [3.63, 3.8) is 0 Å². The Morgan fingerprint density at radius 1 is 1.11 bits per heavy atom. The van der Waals surface area contributed by atoms with Crippen LogP contribution in [0.1, 0.15) is 18.9 Å². The van der Waals surface area contributed by atoms with E-state index in [-0.39, 0.29) is 0 Å². The lowest BCUT2D eigenvalue weighted by molar-refractivity contribution is 0.929. The van der Waals surface area contributed by atoms with Gasteiger partial charge < -0.3 is 4.98 Å². The number of rotatable bonds is 3. The summed E-state index contributed by atoms with van der Waals surface area (Å²) in [6.07, 6.45) is 4.47. The van der Waals surface area contributed by atoms with Crippen molar-refractivity contribution < 1.29 is 0 Å². The van der Waals surface area contributed by atoms with Crippen molar-refractivity contribution in [2.45, 2.75) is 24.7 Å². The first-order valence-electron chi connectivity index (χ1n) is 6.41. The van der Waals surface area contributed by atoms with E-state index in [9.17, 15) is 0 Å². The Hall–Kier alpha value is -1.41. The van der Waals surface area contributed by atoms with Crippen molar-refractivity contribution in [2.24, 2.45) is 0 Å². The third-order valence-corrected chi connectivity index (χ3v) is 4.23. The molecule has 0 radical (unpaired) electrons. The van der Waals surface area contributed by atoms with Crippen LogP contribution in [-0.4, -0.2) is 11.2 Å². The molecule has 0 unspecified atom stereocenters. The second-order valence-electron chi connectivity index (χ2n) is 4.60. The van der Waals surface area contributed by atoms with Crippen LogP contribution < -0.4 is 0 Å². The lowest BCUT2D eigenvalue weighted by atomic mass is 10.0. The van der Waals surface area contributed by atoms with Gasteiger partial charge in [-0.05, 0) is 30.4 Å². The summed E-state index contributed by atoms with van der Waals surface area (Å²) in [5.41, 5.74) is 4.00. The molecule has 0 spiro atoms. The number of para-hydroxylation sites is 1. The molecule has 3 rings (SSSR count). The second kappa shape index (κ2) is 4.69. The van der Waals surface area contributed by atoms with Crippen LogP contribution in [0, 0.1) is 0 Å². The van der Waals surface area contributed by atoms with Gasteiger partial charge in [0.15, 0.2) is 0 Å². The lowest BCUT2D eigenvalue weighted by Crippen LogP contribution is -1.86. The van der Waals surface area contributed by atoms with Gasteiger partial charge in [0, 0.05) is 21.2 Å². The lowest BCUT2D eigenvalue weighted by Gasteiger charge is -2.05. The van der Waals surface area contributed by atoms with Crippen molar-refractivity contribution in [1.29, 1.82) is 0 Å². The number of hydrogen-bond donors (Lipinski definition) is 1. The predicted octanol–water partition coefficient (Wildman–Crippen LogP) is 5.00. The first-order valence-corrected chi connectivity index (χ1v) is 7.64. The molecule has 18 heavy (non-hydrogen) atoms. The Labute approximate surface area is 112 Å². The first kappa shape index (κ1) is 11.7. The molecule has 1 N–H and O–H groups in total. The van der Waals surface area contributed by atoms with Gasteiger partial charge in [-0.25, -0.2) is 0 Å². The van der Waals surface area contributed by atoms with Crippen molar-refractivity contribution in [2.75, 3.05) is 6.26 Å². The van der Waals surface area contributed by atoms with Crippen LogP contribution >= 0.6 is 11.8 Å². The number of aromatic amines is 1. The highest BCUT2D eigenvalue weighted by Gasteiger charge is 2.11. The van der Waals surface area contributed by atoms with Crippen molar-refractivity contribution in [3.8, 4) is 0 Å². The van der Waals surface area contributed by atoms with E-state index in [0.29, 0.717) is 0 Å². The third-order valence-electron chi connectivity index (χ3n) is 3.45. The van der Waals surface area contributed by atoms with Gasteiger partial charge in [0.2, 0.25) is 0 Å². The minimum absolute atomic E-state index is 1.15. The van der Waals surface area contributed by atoms with Gasteiger partial charge in [0.05, 0.1) is 5.52 Å². The maximum absolute atomic E-state index is 3.58. The number of thioether (sulfide) groups is 1. The molecule has 3 aromatic rings. The fourth-order valence-electron chi connectivity index (χ4n) is 2.65. The highest BCUT2D eigenvalue weighted by Crippen LogP contribution is 2.34. The summed E-state index contributed by atoms with van der Waals surface area (Å²) < 4.78 is 0. The molecule has 0 aliphatic heterocycles. The topological polar surface area (TPSA) is 15.8 Å². The normalized spacial score (nSPS) is 11.4. The zero-order valence-electron chi connectivity index (χ0n) is 10.8. The average molecular weight is 255 g/mol. The van der Waals surface area contributed by atoms with Crippen LogP contribution in [0.25, 0.3) is 21.8 Å². The minimum atomic E-state index is 1.15. The summed E-state index contributed by atoms with van der Waals surface area (Å²) in [6, 6.07) is 13.1. The summed E-state index contributed by atoms with van der Waals surface area (Å²) >= 11 is 1.81. The molecule has 2 aromatic carbocycles. The van der Waals surface area contributed by atoms with Gasteiger partial charge >= 0.3 is 0 Å². The number of fused-ring (bicyclic) bond motifs is 3. The van der Waals surface area contributed by atoms with Crippen molar-refractivity contribution in [1.82, 2.24) is 4.98 Å². The second-order valence-corrected chi connectivity index (χ2v) is 5.45. The molecule has 0 saturated heterocycles. The van der Waals surface area contributed by atoms with Gasteiger partial charge in [-0.2, -0.15) is 0 Å². The minimum Gasteiger partial charge on any atom is -0.354 e. The molecule has 0 amide bonds. The molecule has 2 heteroatoms. The standard InChI is InChI=1S/C16H17NS/c1-3-6-11-9-10-14(18-2)16-15(11)12-7-4-5-8-13(12)17-16/h4-5,7-10,17H,3,6H2,1-2H3. The molecule has 0 saturated carbocycles. The van der Waals surface area contributed by atoms with E-state index in [4.69, 9.17) is 0 Å². The Balaban J connectivity index is 2.44. The summed E-state index contributed by atoms with van der Waals surface area (Å²) in [6.45, 7) is 2.24. The summed E-state index contributed by atoms with van der Waals surface area (Å²) in [5.74, 6) is 0. The van der Waals surface area contributed by atoms with E-state index in [1.165, 1.54) is 38.7 Å². The smallest absolute Gasteiger partial charge is 0.0605 e. The zero-order chi connectivity index (χ0) is 12.5. The van der Waals surface area contributed by atoms with Crippen LogP contribution in [0.2, 0.25) is 0 Å². The number of hydrogen-bond acceptors (Lipinski definition) is 1. The Kier molecular flexibility index (Phi) is 3.04. The molecule has 1 aromatic heterocycles. The van der Waals surface area contributed by atoms with Crippen LogP contribution in [0.4, 0.5) is 0 Å². The molecule has 92 valence electrons. The highest BCUT2D eigenvalue weighted by atomic mass is 32.2. The van der Waals surface area contributed by atoms with Crippen molar-refractivity contribution in [3.05, 3.63) is 42.0 Å². The molecular weight excluding hydrogens is 238 g/mol. The summed E-state index contributed by atoms with van der Waals surface area (Å²) in [5, 5.41) is 2.77. The molecule has 0 fully saturated rings. The van der Waals surface area contributed by atoms with E-state index >= 15 is 0 Å². The van der Waals surface area contributed by atoms with E-state index in [1.807, 2.05) is 11.8 Å². The molecular formula is C16H17NS. The largest absolute Gasteiger partial charge is 0.354 e. The Morgan fingerprint density at radius 3 is 2.72 bits per heavy atom. The van der Waals surface area contributed by atoms with E-state index < -0.39 is 0 Å². The number of aryl methyl sites for hydroxylation is 1. The molecule has 0 aliphatic rings. The summed E-state index contributed by atoms with van der Waals surface area (Å²) in [7, 11) is 0. The molecule has 1 heterocycles. The molecule has 0 atom stereocenters. The Bertz CT molecular complexity index is 697. The van der Waals surface area contributed by atoms with E-state index in [1.54, 1.807) is 0 Å². The van der Waals surface area contributed by atoms with E-state index in [0.717, 1.165) is 6.42 Å². The third kappa shape index (κ3) is 1.72. The van der Waals surface area contributed by atoms with Crippen LogP contribution in [0.3, 0.4) is 0 Å². The monoisotopic (exact) mass is 255 g/mol. The maximum Gasteiger partial charge on any atom is 0.0605 e. The predicted molar refractivity (Wildman–Crippen MR) is 81.6 cm³/mol. The summed E-state index contributed by atoms with van der Waals surface area (Å²) in [4.78, 5) is 4.91. The molecule has 0 bridgehead atoms. The van der Waals surface area contributed by atoms with Crippen LogP contribution in [0.15, 0.2) is 41.3 Å². The number of nitrogens with one attached hydrogen (secondary N) is 1. The fraction of sp³-hybridized carbons (Fsp3) is 0.250. The van der Waals surface area contributed by atoms with Crippen LogP contribution in [0.5, 0.6) is 0 Å². The Morgan fingerprint density at radius 2 is 1.94 bits per heavy atom. The quantitative estimate of drug-likeness (QED) is 0.651. The van der Waals surface area contributed by atoms with Crippen LogP contribution in [-0.2, 0) is 6.42 Å². The van der Waals surface area contributed by atoms with Gasteiger partial charge in [-0.3, -0.25) is 0 Å². The first-order chi connectivity index (χ1) is 8.85. The number of H-pyrrole nitrogens is 1. The van der Waals surface area contributed by atoms with Gasteiger partial charge in [-0.15, -0.1) is 11.8 Å². The SMILES string of the molecule is CCCc1ccc(SC)c2[nH]c3ccccc3c12. The van der Waals surface area contributed by atoms with Gasteiger partial charge in [-0.1, -0.05) is 37.6 Å². The number of aromatic nitrogens is 1. The fourth-order valence-corrected chi connectivity index (χ4v) is 3.21. The molecule has 0 aliphatic carbocycles. The zero-order valence-corrected chi connectivity index (χ0v) is 11.6. The van der Waals surface area contributed by atoms with Gasteiger partial charge in [0.1, 0.15) is 0 Å². The highest BCUT2D eigenvalue weighted by molar-refractivity contribution is 7.98. The van der Waals surface area contributed by atoms with Crippen molar-refractivity contribution >= 4 is 33.6 Å². The number of benzene rings is 2. The maximum atomic E-state index is 3.58. The van der Waals surface area contributed by atoms with E-state index in [2.05, 4.69) is 54.6 Å². The molecule has 1 nitrogen and oxygen atoms in total. The van der Waals surface area contributed by atoms with Gasteiger partial charge in [0.25, 0.3) is 0 Å².